The monoisotopic (exact) mass is 512 g/mol. The minimum Gasteiger partial charge on any atom is -0.493 e. The molecule has 8 heteroatoms. The van der Waals surface area contributed by atoms with Crippen LogP contribution in [0.3, 0.4) is 0 Å². The Balaban J connectivity index is 1.58. The highest BCUT2D eigenvalue weighted by Gasteiger charge is 2.38. The van der Waals surface area contributed by atoms with E-state index in [4.69, 9.17) is 16.3 Å². The summed E-state index contributed by atoms with van der Waals surface area (Å²) in [5, 5.41) is 14.2. The minimum absolute atomic E-state index is 0.271. The van der Waals surface area contributed by atoms with Gasteiger partial charge >= 0.3 is 6.18 Å². The van der Waals surface area contributed by atoms with Crippen LogP contribution >= 0.6 is 11.6 Å². The van der Waals surface area contributed by atoms with Gasteiger partial charge in [0.2, 0.25) is 0 Å². The van der Waals surface area contributed by atoms with Crippen molar-refractivity contribution in [1.29, 1.82) is 0 Å². The molecule has 0 radical (unpaired) electrons. The summed E-state index contributed by atoms with van der Waals surface area (Å²) in [6.45, 7) is 10.8. The summed E-state index contributed by atoms with van der Waals surface area (Å²) >= 11 is 5.75. The number of ether oxygens (including phenoxy) is 1. The number of nitrogens with zero attached hydrogens (tertiary/aromatic N) is 1. The molecule has 1 aliphatic heterocycles. The largest absolute Gasteiger partial charge is 0.493 e. The van der Waals surface area contributed by atoms with Crippen molar-refractivity contribution in [3.05, 3.63) is 63.2 Å². The quantitative estimate of drug-likeness (QED) is 0.370. The summed E-state index contributed by atoms with van der Waals surface area (Å²) in [6, 6.07) is 7.82. The van der Waals surface area contributed by atoms with Crippen LogP contribution in [0.1, 0.15) is 60.4 Å². The second-order valence-electron chi connectivity index (χ2n) is 9.42. The molecule has 4 nitrogen and oxygen atoms in total. The lowest BCUT2D eigenvalue weighted by Crippen LogP contribution is -2.42. The Labute approximate surface area is 211 Å². The number of likely N-dealkylation sites (tertiary alicyclic amines) is 1. The Hall–Kier alpha value is -1.80. The normalized spacial score (nSPS) is 16.5. The van der Waals surface area contributed by atoms with Gasteiger partial charge in [-0.3, -0.25) is 4.90 Å². The summed E-state index contributed by atoms with van der Waals surface area (Å²) < 4.78 is 45.8. The maximum absolute atomic E-state index is 13.3. The van der Waals surface area contributed by atoms with E-state index in [1.807, 2.05) is 6.07 Å². The van der Waals surface area contributed by atoms with Crippen LogP contribution in [0.25, 0.3) is 0 Å². The Bertz CT molecular complexity index is 989. The molecule has 2 aromatic carbocycles. The highest BCUT2D eigenvalue weighted by molar-refractivity contribution is 6.31. The van der Waals surface area contributed by atoms with E-state index in [-0.39, 0.29) is 10.6 Å². The molecule has 35 heavy (non-hydrogen) atoms. The van der Waals surface area contributed by atoms with Gasteiger partial charge in [0.05, 0.1) is 22.8 Å². The Morgan fingerprint density at radius 2 is 1.80 bits per heavy atom. The van der Waals surface area contributed by atoms with Crippen molar-refractivity contribution in [2.24, 2.45) is 0 Å². The molecule has 0 saturated carbocycles. The Morgan fingerprint density at radius 1 is 1.09 bits per heavy atom. The zero-order chi connectivity index (χ0) is 25.6. The van der Waals surface area contributed by atoms with Gasteiger partial charge in [-0.25, -0.2) is 0 Å². The van der Waals surface area contributed by atoms with E-state index in [0.717, 1.165) is 49.9 Å². The van der Waals surface area contributed by atoms with Crippen molar-refractivity contribution in [3.63, 3.8) is 0 Å². The number of halogens is 4. The summed E-state index contributed by atoms with van der Waals surface area (Å²) in [5.74, 6) is 0.901. The molecule has 0 amide bonds. The van der Waals surface area contributed by atoms with Crippen LogP contribution in [0.15, 0.2) is 30.3 Å². The van der Waals surface area contributed by atoms with E-state index < -0.39 is 17.3 Å². The molecule has 194 valence electrons. The molecule has 0 spiro atoms. The van der Waals surface area contributed by atoms with Crippen molar-refractivity contribution in [2.75, 3.05) is 32.8 Å². The fourth-order valence-electron chi connectivity index (χ4n) is 4.50. The number of nitrogens with one attached hydrogen (secondary N) is 1. The van der Waals surface area contributed by atoms with E-state index in [9.17, 15) is 18.3 Å². The lowest BCUT2D eigenvalue weighted by molar-refractivity contribution is -0.137. The number of hydrogen-bond acceptors (Lipinski definition) is 4. The first kappa shape index (κ1) is 27.8. The summed E-state index contributed by atoms with van der Waals surface area (Å²) in [7, 11) is 0. The zero-order valence-electron chi connectivity index (χ0n) is 20.8. The molecule has 1 saturated heterocycles. The lowest BCUT2D eigenvalue weighted by atomic mass is 9.83. The van der Waals surface area contributed by atoms with Crippen LogP contribution in [-0.2, 0) is 18.3 Å². The highest BCUT2D eigenvalue weighted by Crippen LogP contribution is 2.40. The predicted octanol–water partition coefficient (Wildman–Crippen LogP) is 6.23. The second kappa shape index (κ2) is 12.0. The van der Waals surface area contributed by atoms with Crippen molar-refractivity contribution in [2.45, 2.75) is 64.8 Å². The van der Waals surface area contributed by atoms with Gasteiger partial charge < -0.3 is 15.2 Å². The Kier molecular flexibility index (Phi) is 9.49. The molecule has 1 fully saturated rings. The zero-order valence-corrected chi connectivity index (χ0v) is 21.5. The summed E-state index contributed by atoms with van der Waals surface area (Å²) in [6.07, 6.45) is -1.76. The number of benzene rings is 2. The third-order valence-electron chi connectivity index (χ3n) is 6.92. The number of rotatable bonds is 10. The van der Waals surface area contributed by atoms with E-state index in [1.54, 1.807) is 0 Å². The lowest BCUT2D eigenvalue weighted by Gasteiger charge is -2.39. The SMILES string of the molecule is CCCNCCCOc1ccc(CN2CCC(O)(c3ccc(Cl)c(C(F)(F)F)c3)CC2)c(C)c1C. The molecule has 1 aliphatic rings. The molecule has 0 atom stereocenters. The molecule has 3 rings (SSSR count). The molecule has 2 aromatic rings. The first-order chi connectivity index (χ1) is 16.5. The van der Waals surface area contributed by atoms with E-state index in [0.29, 0.717) is 32.5 Å². The van der Waals surface area contributed by atoms with E-state index in [2.05, 4.69) is 37.1 Å². The Morgan fingerprint density at radius 3 is 2.46 bits per heavy atom. The van der Waals surface area contributed by atoms with Gasteiger partial charge in [-0.1, -0.05) is 30.7 Å². The van der Waals surface area contributed by atoms with Gasteiger partial charge in [-0.15, -0.1) is 0 Å². The molecular formula is C27H36ClF3N2O2. The maximum Gasteiger partial charge on any atom is 0.417 e. The smallest absolute Gasteiger partial charge is 0.417 e. The van der Waals surface area contributed by atoms with Gasteiger partial charge in [0.15, 0.2) is 0 Å². The molecule has 0 aromatic heterocycles. The standard InChI is InChI=1S/C27H36ClF3N2O2/c1-4-12-32-13-5-16-35-25-9-6-21(19(2)20(25)3)18-33-14-10-26(34,11-15-33)22-7-8-24(28)23(17-22)27(29,30)31/h6-9,17,32,34H,4-5,10-16,18H2,1-3H3. The van der Waals surface area contributed by atoms with Crippen LogP contribution in [0.4, 0.5) is 13.2 Å². The number of alkyl halides is 3. The van der Waals surface area contributed by atoms with Gasteiger partial charge in [0.1, 0.15) is 5.75 Å². The van der Waals surface area contributed by atoms with Gasteiger partial charge in [0, 0.05) is 19.6 Å². The van der Waals surface area contributed by atoms with E-state index >= 15 is 0 Å². The predicted molar refractivity (Wildman–Crippen MR) is 134 cm³/mol. The van der Waals surface area contributed by atoms with Crippen LogP contribution in [-0.4, -0.2) is 42.8 Å². The first-order valence-corrected chi connectivity index (χ1v) is 12.7. The van der Waals surface area contributed by atoms with Crippen molar-refractivity contribution < 1.29 is 23.0 Å². The van der Waals surface area contributed by atoms with Gasteiger partial charge in [0.25, 0.3) is 0 Å². The summed E-state index contributed by atoms with van der Waals surface area (Å²) in [5.41, 5.74) is 1.56. The fourth-order valence-corrected chi connectivity index (χ4v) is 4.73. The fraction of sp³-hybridized carbons (Fsp3) is 0.556. The number of aliphatic hydroxyl groups is 1. The van der Waals surface area contributed by atoms with Gasteiger partial charge in [-0.2, -0.15) is 13.2 Å². The third kappa shape index (κ3) is 7.13. The van der Waals surface area contributed by atoms with Crippen molar-refractivity contribution in [1.82, 2.24) is 10.2 Å². The number of piperidine rings is 1. The third-order valence-corrected chi connectivity index (χ3v) is 7.25. The van der Waals surface area contributed by atoms with Crippen LogP contribution in [0.2, 0.25) is 5.02 Å². The molecule has 0 unspecified atom stereocenters. The van der Waals surface area contributed by atoms with Gasteiger partial charge in [-0.05, 0) is 93.1 Å². The van der Waals surface area contributed by atoms with E-state index in [1.165, 1.54) is 23.3 Å². The van der Waals surface area contributed by atoms with Crippen LogP contribution < -0.4 is 10.1 Å². The molecule has 0 aliphatic carbocycles. The first-order valence-electron chi connectivity index (χ1n) is 12.3. The average molecular weight is 513 g/mol. The second-order valence-corrected chi connectivity index (χ2v) is 9.83. The highest BCUT2D eigenvalue weighted by atomic mass is 35.5. The van der Waals surface area contributed by atoms with Crippen molar-refractivity contribution >= 4 is 11.6 Å². The average Bonchev–Trinajstić information content (AvgIpc) is 2.81. The minimum atomic E-state index is -4.55. The molecule has 2 N–H and O–H groups in total. The van der Waals surface area contributed by atoms with Crippen molar-refractivity contribution in [3.8, 4) is 5.75 Å². The van der Waals surface area contributed by atoms with Crippen LogP contribution in [0, 0.1) is 13.8 Å². The number of hydrogen-bond donors (Lipinski definition) is 2. The molecule has 0 bridgehead atoms. The molecular weight excluding hydrogens is 477 g/mol. The summed E-state index contributed by atoms with van der Waals surface area (Å²) in [4.78, 5) is 2.23. The topological polar surface area (TPSA) is 44.7 Å². The maximum atomic E-state index is 13.3. The van der Waals surface area contributed by atoms with Crippen LogP contribution in [0.5, 0.6) is 5.75 Å². The molecule has 1 heterocycles.